The van der Waals surface area contributed by atoms with Gasteiger partial charge in [-0.2, -0.15) is 4.31 Å². The van der Waals surface area contributed by atoms with E-state index in [1.807, 2.05) is 0 Å². The molecule has 0 aromatic heterocycles. The van der Waals surface area contributed by atoms with Crippen LogP contribution in [0.5, 0.6) is 0 Å². The van der Waals surface area contributed by atoms with E-state index in [-0.39, 0.29) is 9.92 Å². The van der Waals surface area contributed by atoms with Gasteiger partial charge < -0.3 is 5.32 Å². The lowest BCUT2D eigenvalue weighted by Gasteiger charge is -2.37. The summed E-state index contributed by atoms with van der Waals surface area (Å²) in [6.07, 6.45) is 1.11. The first-order valence-electron chi connectivity index (χ1n) is 7.38. The van der Waals surface area contributed by atoms with E-state index in [4.69, 9.17) is 11.6 Å². The Balaban J connectivity index is 1.71. The zero-order valence-electron chi connectivity index (χ0n) is 12.1. The lowest BCUT2D eigenvalue weighted by molar-refractivity contribution is 0.145. The van der Waals surface area contributed by atoms with Crippen LogP contribution in [0.25, 0.3) is 0 Å². The van der Waals surface area contributed by atoms with Crippen LogP contribution in [0.4, 0.5) is 4.39 Å². The van der Waals surface area contributed by atoms with Crippen LogP contribution in [-0.4, -0.2) is 62.9 Å². The molecule has 0 spiro atoms. The van der Waals surface area contributed by atoms with Crippen molar-refractivity contribution < 1.29 is 12.8 Å². The fraction of sp³-hybridized carbons (Fsp3) is 0.571. The molecule has 0 bridgehead atoms. The maximum atomic E-state index is 13.1. The second-order valence-corrected chi connectivity index (χ2v) is 7.97. The molecule has 2 aliphatic rings. The first-order valence-corrected chi connectivity index (χ1v) is 9.20. The summed E-state index contributed by atoms with van der Waals surface area (Å²) < 4.78 is 39.8. The van der Waals surface area contributed by atoms with Crippen molar-refractivity contribution in [2.45, 2.75) is 17.4 Å². The lowest BCUT2D eigenvalue weighted by atomic mass is 10.2. The van der Waals surface area contributed by atoms with Gasteiger partial charge in [-0.25, -0.2) is 12.8 Å². The van der Waals surface area contributed by atoms with Crippen molar-refractivity contribution in [2.24, 2.45) is 0 Å². The second kappa shape index (κ2) is 6.41. The molecule has 122 valence electrons. The fourth-order valence-electron chi connectivity index (χ4n) is 3.08. The smallest absolute Gasteiger partial charge is 0.244 e. The molecule has 22 heavy (non-hydrogen) atoms. The lowest BCUT2D eigenvalue weighted by Crippen LogP contribution is -2.52. The van der Waals surface area contributed by atoms with Gasteiger partial charge in [0.1, 0.15) is 10.7 Å². The zero-order valence-corrected chi connectivity index (χ0v) is 13.7. The first-order chi connectivity index (χ1) is 10.5. The molecule has 1 atom stereocenters. The molecule has 1 N–H and O–H groups in total. The van der Waals surface area contributed by atoms with Gasteiger partial charge in [-0.3, -0.25) is 4.90 Å². The number of nitrogens with one attached hydrogen (secondary N) is 1. The Morgan fingerprint density at radius 2 is 1.95 bits per heavy atom. The van der Waals surface area contributed by atoms with E-state index >= 15 is 0 Å². The summed E-state index contributed by atoms with van der Waals surface area (Å²) in [5, 5.41) is 3.26. The predicted molar refractivity (Wildman–Crippen MR) is 83.0 cm³/mol. The van der Waals surface area contributed by atoms with E-state index in [1.54, 1.807) is 0 Å². The SMILES string of the molecule is O=S(=O)(c1ccc(F)cc1Cl)N1CCN(C2CCNC2)CC1. The number of nitrogens with zero attached hydrogens (tertiary/aromatic N) is 2. The summed E-state index contributed by atoms with van der Waals surface area (Å²) >= 11 is 5.90. The van der Waals surface area contributed by atoms with Crippen LogP contribution in [0, 0.1) is 5.82 Å². The fourth-order valence-corrected chi connectivity index (χ4v) is 5.01. The van der Waals surface area contributed by atoms with E-state index < -0.39 is 15.8 Å². The van der Waals surface area contributed by atoms with E-state index in [0.29, 0.717) is 32.2 Å². The van der Waals surface area contributed by atoms with E-state index in [1.165, 1.54) is 10.4 Å². The Labute approximate surface area is 135 Å². The van der Waals surface area contributed by atoms with Crippen molar-refractivity contribution in [1.82, 2.24) is 14.5 Å². The van der Waals surface area contributed by atoms with Gasteiger partial charge in [-0.15, -0.1) is 0 Å². The van der Waals surface area contributed by atoms with Gasteiger partial charge in [0.2, 0.25) is 10.0 Å². The Morgan fingerprint density at radius 3 is 2.55 bits per heavy atom. The van der Waals surface area contributed by atoms with Crippen LogP contribution in [0.3, 0.4) is 0 Å². The molecule has 1 aromatic rings. The van der Waals surface area contributed by atoms with Gasteiger partial charge in [-0.05, 0) is 31.2 Å². The maximum absolute atomic E-state index is 13.1. The molecular weight excluding hydrogens is 329 g/mol. The molecule has 0 saturated carbocycles. The highest BCUT2D eigenvalue weighted by Gasteiger charge is 2.32. The van der Waals surface area contributed by atoms with Crippen LogP contribution in [0.15, 0.2) is 23.1 Å². The molecule has 3 rings (SSSR count). The molecule has 8 heteroatoms. The number of hydrogen-bond donors (Lipinski definition) is 1. The van der Waals surface area contributed by atoms with Crippen LogP contribution >= 0.6 is 11.6 Å². The van der Waals surface area contributed by atoms with Gasteiger partial charge in [0.25, 0.3) is 0 Å². The monoisotopic (exact) mass is 347 g/mol. The van der Waals surface area contributed by atoms with Crippen molar-refractivity contribution in [3.05, 3.63) is 29.0 Å². The summed E-state index contributed by atoms with van der Waals surface area (Å²) in [7, 11) is -3.66. The molecular formula is C14H19ClFN3O2S. The summed E-state index contributed by atoms with van der Waals surface area (Å²) in [5.74, 6) is -0.539. The number of rotatable bonds is 3. The van der Waals surface area contributed by atoms with Gasteiger partial charge in [0.05, 0.1) is 5.02 Å². The Hall–Kier alpha value is -0.730. The summed E-state index contributed by atoms with van der Waals surface area (Å²) in [4.78, 5) is 2.31. The highest BCUT2D eigenvalue weighted by Crippen LogP contribution is 2.26. The number of hydrogen-bond acceptors (Lipinski definition) is 4. The van der Waals surface area contributed by atoms with Gasteiger partial charge >= 0.3 is 0 Å². The summed E-state index contributed by atoms with van der Waals surface area (Å²) in [6.45, 7) is 4.29. The quantitative estimate of drug-likeness (QED) is 0.891. The molecule has 2 saturated heterocycles. The normalized spacial score (nSPS) is 24.7. The van der Waals surface area contributed by atoms with Crippen molar-refractivity contribution >= 4 is 21.6 Å². The molecule has 1 unspecified atom stereocenters. The third kappa shape index (κ3) is 3.14. The van der Waals surface area contributed by atoms with E-state index in [2.05, 4.69) is 10.2 Å². The largest absolute Gasteiger partial charge is 0.315 e. The number of halogens is 2. The third-order valence-corrected chi connectivity index (χ3v) is 6.72. The van der Waals surface area contributed by atoms with Crippen LogP contribution in [-0.2, 0) is 10.0 Å². The van der Waals surface area contributed by atoms with Crippen molar-refractivity contribution in [1.29, 1.82) is 0 Å². The highest BCUT2D eigenvalue weighted by atomic mass is 35.5. The third-order valence-electron chi connectivity index (χ3n) is 4.34. The highest BCUT2D eigenvalue weighted by molar-refractivity contribution is 7.89. The summed E-state index contributed by atoms with van der Waals surface area (Å²) in [6, 6.07) is 3.90. The number of sulfonamides is 1. The maximum Gasteiger partial charge on any atom is 0.244 e. The van der Waals surface area contributed by atoms with Gasteiger partial charge in [0, 0.05) is 38.8 Å². The standard InChI is InChI=1S/C14H19ClFN3O2S/c15-13-9-11(16)1-2-14(13)22(20,21)19-7-5-18(6-8-19)12-3-4-17-10-12/h1-2,9,12,17H,3-8,10H2. The van der Waals surface area contributed by atoms with Gasteiger partial charge in [0.15, 0.2) is 0 Å². The number of benzene rings is 1. The molecule has 5 nitrogen and oxygen atoms in total. The minimum absolute atomic E-state index is 0.0217. The van der Waals surface area contributed by atoms with Crippen molar-refractivity contribution in [3.63, 3.8) is 0 Å². The van der Waals surface area contributed by atoms with E-state index in [0.717, 1.165) is 31.6 Å². The Kier molecular flexibility index (Phi) is 4.70. The molecule has 1 aromatic carbocycles. The Bertz CT molecular complexity index is 641. The minimum Gasteiger partial charge on any atom is -0.315 e. The van der Waals surface area contributed by atoms with Crippen LogP contribution in [0.2, 0.25) is 5.02 Å². The summed E-state index contributed by atoms with van der Waals surface area (Å²) in [5.41, 5.74) is 0. The first kappa shape index (κ1) is 16.1. The molecule has 2 aliphatic heterocycles. The van der Waals surface area contributed by atoms with Crippen LogP contribution < -0.4 is 5.32 Å². The molecule has 2 fully saturated rings. The molecule has 0 radical (unpaired) electrons. The number of piperazine rings is 1. The topological polar surface area (TPSA) is 52.7 Å². The van der Waals surface area contributed by atoms with Crippen LogP contribution in [0.1, 0.15) is 6.42 Å². The second-order valence-electron chi connectivity index (χ2n) is 5.66. The minimum atomic E-state index is -3.66. The molecule has 0 aliphatic carbocycles. The predicted octanol–water partition coefficient (Wildman–Crippen LogP) is 1.15. The average Bonchev–Trinajstić information content (AvgIpc) is 3.01. The van der Waals surface area contributed by atoms with E-state index in [9.17, 15) is 12.8 Å². The van der Waals surface area contributed by atoms with Crippen molar-refractivity contribution in [3.8, 4) is 0 Å². The molecule has 0 amide bonds. The van der Waals surface area contributed by atoms with Crippen molar-refractivity contribution in [2.75, 3.05) is 39.3 Å². The Morgan fingerprint density at radius 1 is 1.23 bits per heavy atom. The van der Waals surface area contributed by atoms with Gasteiger partial charge in [-0.1, -0.05) is 11.6 Å². The zero-order chi connectivity index (χ0) is 15.7. The molecule has 2 heterocycles. The average molecular weight is 348 g/mol.